The van der Waals surface area contributed by atoms with Crippen molar-refractivity contribution in [1.82, 2.24) is 0 Å². The van der Waals surface area contributed by atoms with Gasteiger partial charge in [0.2, 0.25) is 0 Å². The number of halogens is 3. The van der Waals surface area contributed by atoms with Crippen molar-refractivity contribution < 1.29 is 17.9 Å². The lowest BCUT2D eigenvalue weighted by molar-refractivity contribution is 0.284. The van der Waals surface area contributed by atoms with E-state index in [0.717, 1.165) is 18.4 Å². The monoisotopic (exact) mass is 293 g/mol. The Morgan fingerprint density at radius 1 is 1.10 bits per heavy atom. The summed E-state index contributed by atoms with van der Waals surface area (Å²) < 4.78 is 46.4. The number of hydrogen-bond acceptors (Lipinski definition) is 2. The summed E-state index contributed by atoms with van der Waals surface area (Å²) in [6.45, 7) is 0.547. The van der Waals surface area contributed by atoms with Crippen LogP contribution in [0.4, 0.5) is 13.2 Å². The third kappa shape index (κ3) is 2.49. The Labute approximate surface area is 120 Å². The van der Waals surface area contributed by atoms with Gasteiger partial charge in [0.1, 0.15) is 23.2 Å². The second kappa shape index (κ2) is 5.41. The Kier molecular flexibility index (Phi) is 3.59. The summed E-state index contributed by atoms with van der Waals surface area (Å²) in [5.74, 6) is -2.37. The molecular weight excluding hydrogens is 279 g/mol. The molecule has 0 saturated heterocycles. The fraction of sp³-hybridized carbons (Fsp3) is 0.250. The van der Waals surface area contributed by atoms with Gasteiger partial charge in [-0.3, -0.25) is 0 Å². The Bertz CT molecular complexity index is 664. The molecule has 1 heterocycles. The standard InChI is InChI=1S/C16H14F3NO/c17-10-7-12(18)14(13(19)8-10)15(20)11-5-1-3-9-4-2-6-21-16(9)11/h1,3,5,7-8,15H,2,4,6,20H2. The van der Waals surface area contributed by atoms with Crippen LogP contribution < -0.4 is 10.5 Å². The van der Waals surface area contributed by atoms with E-state index >= 15 is 0 Å². The normalized spacial score (nSPS) is 15.2. The van der Waals surface area contributed by atoms with Gasteiger partial charge in [-0.05, 0) is 18.4 Å². The summed E-state index contributed by atoms with van der Waals surface area (Å²) in [5, 5.41) is 0. The molecule has 0 bridgehead atoms. The third-order valence-corrected chi connectivity index (χ3v) is 3.65. The van der Waals surface area contributed by atoms with Crippen LogP contribution in [0.2, 0.25) is 0 Å². The molecule has 2 N–H and O–H groups in total. The lowest BCUT2D eigenvalue weighted by atomic mass is 9.93. The zero-order valence-electron chi connectivity index (χ0n) is 11.2. The van der Waals surface area contributed by atoms with E-state index in [9.17, 15) is 13.2 Å². The first-order chi connectivity index (χ1) is 10.1. The summed E-state index contributed by atoms with van der Waals surface area (Å²) in [6.07, 6.45) is 1.73. The van der Waals surface area contributed by atoms with Gasteiger partial charge < -0.3 is 10.5 Å². The van der Waals surface area contributed by atoms with Gasteiger partial charge in [-0.15, -0.1) is 0 Å². The predicted molar refractivity (Wildman–Crippen MR) is 72.6 cm³/mol. The van der Waals surface area contributed by atoms with Crippen LogP contribution in [0.25, 0.3) is 0 Å². The molecule has 0 aliphatic carbocycles. The van der Waals surface area contributed by atoms with Crippen molar-refractivity contribution in [3.05, 3.63) is 64.5 Å². The van der Waals surface area contributed by atoms with Gasteiger partial charge in [0, 0.05) is 23.3 Å². The Morgan fingerprint density at radius 2 is 1.81 bits per heavy atom. The van der Waals surface area contributed by atoms with Crippen molar-refractivity contribution >= 4 is 0 Å². The minimum Gasteiger partial charge on any atom is -0.493 e. The maximum absolute atomic E-state index is 13.9. The maximum atomic E-state index is 13.9. The number of hydrogen-bond donors (Lipinski definition) is 1. The van der Waals surface area contributed by atoms with Gasteiger partial charge in [-0.2, -0.15) is 0 Å². The Hall–Kier alpha value is -2.01. The largest absolute Gasteiger partial charge is 0.493 e. The molecule has 1 unspecified atom stereocenters. The average molecular weight is 293 g/mol. The van der Waals surface area contributed by atoms with Gasteiger partial charge in [0.15, 0.2) is 0 Å². The SMILES string of the molecule is NC(c1cccc2c1OCCC2)c1c(F)cc(F)cc1F. The van der Waals surface area contributed by atoms with Gasteiger partial charge >= 0.3 is 0 Å². The highest BCUT2D eigenvalue weighted by atomic mass is 19.1. The maximum Gasteiger partial charge on any atom is 0.134 e. The topological polar surface area (TPSA) is 35.2 Å². The van der Waals surface area contributed by atoms with Crippen molar-refractivity contribution in [2.24, 2.45) is 5.73 Å². The molecule has 1 aliphatic rings. The average Bonchev–Trinajstić information content (AvgIpc) is 2.45. The summed E-state index contributed by atoms with van der Waals surface area (Å²) in [4.78, 5) is 0. The smallest absolute Gasteiger partial charge is 0.134 e. The molecule has 110 valence electrons. The van der Waals surface area contributed by atoms with E-state index in [-0.39, 0.29) is 5.56 Å². The van der Waals surface area contributed by atoms with Crippen molar-refractivity contribution in [1.29, 1.82) is 0 Å². The fourth-order valence-electron chi connectivity index (χ4n) is 2.67. The number of rotatable bonds is 2. The minimum atomic E-state index is -1.04. The van der Waals surface area contributed by atoms with Crippen LogP contribution in [0.5, 0.6) is 5.75 Å². The molecule has 3 rings (SSSR count). The zero-order chi connectivity index (χ0) is 15.0. The van der Waals surface area contributed by atoms with Gasteiger partial charge in [-0.1, -0.05) is 18.2 Å². The molecule has 0 radical (unpaired) electrons. The van der Waals surface area contributed by atoms with Crippen molar-refractivity contribution in [2.45, 2.75) is 18.9 Å². The summed E-state index contributed by atoms with van der Waals surface area (Å²) in [6, 6.07) is 5.59. The van der Waals surface area contributed by atoms with E-state index in [1.165, 1.54) is 0 Å². The predicted octanol–water partition coefficient (Wildman–Crippen LogP) is 3.48. The molecule has 0 spiro atoms. The van der Waals surface area contributed by atoms with Crippen LogP contribution in [-0.4, -0.2) is 6.61 Å². The number of aryl methyl sites for hydroxylation is 1. The van der Waals surface area contributed by atoms with E-state index in [2.05, 4.69) is 0 Å². The van der Waals surface area contributed by atoms with Crippen LogP contribution in [0.1, 0.15) is 29.2 Å². The molecule has 0 aromatic heterocycles. The molecule has 2 aromatic carbocycles. The molecule has 2 nitrogen and oxygen atoms in total. The van der Waals surface area contributed by atoms with Crippen LogP contribution in [0.3, 0.4) is 0 Å². The second-order valence-corrected chi connectivity index (χ2v) is 5.05. The van der Waals surface area contributed by atoms with Crippen LogP contribution in [-0.2, 0) is 6.42 Å². The van der Waals surface area contributed by atoms with E-state index in [1.54, 1.807) is 12.1 Å². The van der Waals surface area contributed by atoms with Crippen molar-refractivity contribution in [2.75, 3.05) is 6.61 Å². The molecule has 0 saturated carbocycles. The molecule has 2 aromatic rings. The highest BCUT2D eigenvalue weighted by Gasteiger charge is 2.24. The summed E-state index contributed by atoms with van der Waals surface area (Å²) >= 11 is 0. The van der Waals surface area contributed by atoms with E-state index in [4.69, 9.17) is 10.5 Å². The van der Waals surface area contributed by atoms with Crippen molar-refractivity contribution in [3.63, 3.8) is 0 Å². The molecule has 21 heavy (non-hydrogen) atoms. The lowest BCUT2D eigenvalue weighted by Gasteiger charge is -2.23. The Balaban J connectivity index is 2.09. The zero-order valence-corrected chi connectivity index (χ0v) is 11.2. The second-order valence-electron chi connectivity index (χ2n) is 5.05. The molecule has 5 heteroatoms. The fourth-order valence-corrected chi connectivity index (χ4v) is 2.67. The van der Waals surface area contributed by atoms with Gasteiger partial charge in [0.05, 0.1) is 12.6 Å². The first-order valence-electron chi connectivity index (χ1n) is 6.72. The summed E-state index contributed by atoms with van der Waals surface area (Å²) in [7, 11) is 0. The quantitative estimate of drug-likeness (QED) is 0.920. The van der Waals surface area contributed by atoms with Crippen LogP contribution in [0, 0.1) is 17.5 Å². The third-order valence-electron chi connectivity index (χ3n) is 3.65. The van der Waals surface area contributed by atoms with Gasteiger partial charge in [-0.25, -0.2) is 13.2 Å². The van der Waals surface area contributed by atoms with Crippen LogP contribution >= 0.6 is 0 Å². The Morgan fingerprint density at radius 3 is 2.52 bits per heavy atom. The van der Waals surface area contributed by atoms with E-state index in [0.29, 0.717) is 30.1 Å². The van der Waals surface area contributed by atoms with Crippen molar-refractivity contribution in [3.8, 4) is 5.75 Å². The number of fused-ring (bicyclic) bond motifs is 1. The van der Waals surface area contributed by atoms with E-state index < -0.39 is 23.5 Å². The number of ether oxygens (including phenoxy) is 1. The van der Waals surface area contributed by atoms with Crippen LogP contribution in [0.15, 0.2) is 30.3 Å². The highest BCUT2D eigenvalue weighted by molar-refractivity contribution is 5.48. The molecule has 1 aliphatic heterocycles. The minimum absolute atomic E-state index is 0.348. The molecule has 0 fully saturated rings. The number of para-hydroxylation sites is 1. The highest BCUT2D eigenvalue weighted by Crippen LogP contribution is 2.36. The first kappa shape index (κ1) is 13.9. The first-order valence-corrected chi connectivity index (χ1v) is 6.72. The van der Waals surface area contributed by atoms with Gasteiger partial charge in [0.25, 0.3) is 0 Å². The van der Waals surface area contributed by atoms with E-state index in [1.807, 2.05) is 6.07 Å². The summed E-state index contributed by atoms with van der Waals surface area (Å²) in [5.41, 5.74) is 7.14. The molecular formula is C16H14F3NO. The molecule has 0 amide bonds. The molecule has 1 atom stereocenters. The lowest BCUT2D eigenvalue weighted by Crippen LogP contribution is -2.19. The number of benzene rings is 2. The number of nitrogens with two attached hydrogens (primary N) is 1.